The summed E-state index contributed by atoms with van der Waals surface area (Å²) < 4.78 is 23.3. The number of sulfonamides is 1. The zero-order valence-corrected chi connectivity index (χ0v) is 11.4. The van der Waals surface area contributed by atoms with E-state index < -0.39 is 10.0 Å². The van der Waals surface area contributed by atoms with E-state index in [4.69, 9.17) is 0 Å². The van der Waals surface area contributed by atoms with Crippen LogP contribution in [0.5, 0.6) is 0 Å². The van der Waals surface area contributed by atoms with Crippen LogP contribution in [0.2, 0.25) is 0 Å². The number of hydrogen-bond acceptors (Lipinski definition) is 3. The average molecular weight is 267 g/mol. The number of rotatable bonds is 3. The molecule has 0 aromatic heterocycles. The van der Waals surface area contributed by atoms with E-state index in [1.165, 1.54) is 23.4 Å². The SMILES string of the molecule is CN(CC#CCN1CCCC1)S(C)(=O)=O.Cl. The van der Waals surface area contributed by atoms with E-state index in [2.05, 4.69) is 16.7 Å². The van der Waals surface area contributed by atoms with E-state index in [-0.39, 0.29) is 19.0 Å². The molecule has 0 saturated carbocycles. The van der Waals surface area contributed by atoms with Gasteiger partial charge < -0.3 is 0 Å². The van der Waals surface area contributed by atoms with Gasteiger partial charge in [0.25, 0.3) is 0 Å². The van der Waals surface area contributed by atoms with Crippen molar-refractivity contribution in [1.29, 1.82) is 0 Å². The van der Waals surface area contributed by atoms with Crippen molar-refractivity contribution in [2.45, 2.75) is 12.8 Å². The predicted molar refractivity (Wildman–Crippen MR) is 68.2 cm³/mol. The lowest BCUT2D eigenvalue weighted by Gasteiger charge is -2.10. The second-order valence-electron chi connectivity index (χ2n) is 3.86. The Morgan fingerprint density at radius 2 is 1.81 bits per heavy atom. The molecule has 0 amide bonds. The van der Waals surface area contributed by atoms with Gasteiger partial charge in [0, 0.05) is 7.05 Å². The summed E-state index contributed by atoms with van der Waals surface area (Å²) in [6, 6.07) is 0. The zero-order chi connectivity index (χ0) is 11.3. The van der Waals surface area contributed by atoms with Gasteiger partial charge in [-0.2, -0.15) is 4.31 Å². The molecule has 1 heterocycles. The van der Waals surface area contributed by atoms with Gasteiger partial charge in [-0.15, -0.1) is 12.4 Å². The second kappa shape index (κ2) is 7.13. The minimum atomic E-state index is -3.09. The average Bonchev–Trinajstić information content (AvgIpc) is 2.63. The summed E-state index contributed by atoms with van der Waals surface area (Å²) in [6.45, 7) is 3.29. The Balaban J connectivity index is 0.00000225. The van der Waals surface area contributed by atoms with E-state index in [1.54, 1.807) is 7.05 Å². The molecule has 0 spiro atoms. The van der Waals surface area contributed by atoms with Crippen LogP contribution in [0.4, 0.5) is 0 Å². The smallest absolute Gasteiger partial charge is 0.211 e. The van der Waals surface area contributed by atoms with Crippen LogP contribution in [-0.4, -0.2) is 57.1 Å². The molecule has 0 N–H and O–H groups in total. The molecule has 6 heteroatoms. The van der Waals surface area contributed by atoms with Crippen molar-refractivity contribution < 1.29 is 8.42 Å². The Bertz CT molecular complexity index is 353. The van der Waals surface area contributed by atoms with Crippen LogP contribution < -0.4 is 0 Å². The Labute approximate surface area is 104 Å². The van der Waals surface area contributed by atoms with Gasteiger partial charge in [0.15, 0.2) is 0 Å². The summed E-state index contributed by atoms with van der Waals surface area (Å²) >= 11 is 0. The highest BCUT2D eigenvalue weighted by atomic mass is 35.5. The predicted octanol–water partition coefficient (Wildman–Crippen LogP) is 0.399. The van der Waals surface area contributed by atoms with Crippen LogP contribution >= 0.6 is 12.4 Å². The summed E-state index contributed by atoms with van der Waals surface area (Å²) in [4.78, 5) is 2.29. The fraction of sp³-hybridized carbons (Fsp3) is 0.800. The molecule has 0 aromatic carbocycles. The normalized spacial score (nSPS) is 16.7. The largest absolute Gasteiger partial charge is 0.292 e. The molecule has 1 saturated heterocycles. The Morgan fingerprint density at radius 1 is 1.25 bits per heavy atom. The third kappa shape index (κ3) is 5.71. The maximum absolute atomic E-state index is 11.0. The minimum absolute atomic E-state index is 0. The van der Waals surface area contributed by atoms with E-state index >= 15 is 0 Å². The van der Waals surface area contributed by atoms with Crippen molar-refractivity contribution in [2.75, 3.05) is 39.5 Å². The summed E-state index contributed by atoms with van der Waals surface area (Å²) in [5, 5.41) is 0. The number of likely N-dealkylation sites (tertiary alicyclic amines) is 1. The number of nitrogens with zero attached hydrogens (tertiary/aromatic N) is 2. The van der Waals surface area contributed by atoms with Gasteiger partial charge in [0.05, 0.1) is 19.3 Å². The standard InChI is InChI=1S/C10H18N2O2S.ClH/c1-11(15(2,13)14)7-3-4-8-12-9-5-6-10-12;/h5-10H2,1-2H3;1H. The molecule has 0 atom stereocenters. The molecule has 1 aliphatic rings. The quantitative estimate of drug-likeness (QED) is 0.695. The first-order chi connectivity index (χ1) is 7.00. The van der Waals surface area contributed by atoms with Gasteiger partial charge >= 0.3 is 0 Å². The third-order valence-electron chi connectivity index (χ3n) is 2.49. The van der Waals surface area contributed by atoms with Crippen molar-refractivity contribution in [3.05, 3.63) is 0 Å². The van der Waals surface area contributed by atoms with Crippen LogP contribution in [0, 0.1) is 11.8 Å². The Kier molecular flexibility index (Phi) is 7.00. The highest BCUT2D eigenvalue weighted by Gasteiger charge is 2.09. The lowest BCUT2D eigenvalue weighted by molar-refractivity contribution is 0.383. The minimum Gasteiger partial charge on any atom is -0.292 e. The molecular weight excluding hydrogens is 248 g/mol. The summed E-state index contributed by atoms with van der Waals surface area (Å²) in [5.41, 5.74) is 0. The lowest BCUT2D eigenvalue weighted by Crippen LogP contribution is -2.26. The molecule has 1 fully saturated rings. The van der Waals surface area contributed by atoms with Crippen LogP contribution in [0.25, 0.3) is 0 Å². The molecule has 16 heavy (non-hydrogen) atoms. The van der Waals surface area contributed by atoms with Gasteiger partial charge in [-0.05, 0) is 25.9 Å². The first-order valence-electron chi connectivity index (χ1n) is 5.09. The molecule has 0 radical (unpaired) electrons. The Hall–Kier alpha value is -0.280. The van der Waals surface area contributed by atoms with E-state index in [0.717, 1.165) is 19.6 Å². The molecule has 0 bridgehead atoms. The van der Waals surface area contributed by atoms with Gasteiger partial charge in [-0.25, -0.2) is 8.42 Å². The van der Waals surface area contributed by atoms with Crippen molar-refractivity contribution >= 4 is 22.4 Å². The first kappa shape index (κ1) is 15.7. The lowest BCUT2D eigenvalue weighted by atomic mass is 10.4. The Morgan fingerprint density at radius 3 is 2.31 bits per heavy atom. The van der Waals surface area contributed by atoms with Crippen molar-refractivity contribution in [3.8, 4) is 11.8 Å². The van der Waals surface area contributed by atoms with Gasteiger partial charge in [-0.3, -0.25) is 4.90 Å². The first-order valence-corrected chi connectivity index (χ1v) is 6.94. The van der Waals surface area contributed by atoms with Gasteiger partial charge in [0.1, 0.15) is 0 Å². The highest BCUT2D eigenvalue weighted by Crippen LogP contribution is 2.05. The van der Waals surface area contributed by atoms with Crippen LogP contribution in [0.1, 0.15) is 12.8 Å². The van der Waals surface area contributed by atoms with E-state index in [1.807, 2.05) is 0 Å². The van der Waals surface area contributed by atoms with Crippen LogP contribution in [0.3, 0.4) is 0 Å². The van der Waals surface area contributed by atoms with Crippen molar-refractivity contribution in [3.63, 3.8) is 0 Å². The second-order valence-corrected chi connectivity index (χ2v) is 5.95. The number of hydrogen-bond donors (Lipinski definition) is 0. The topological polar surface area (TPSA) is 40.6 Å². The van der Waals surface area contributed by atoms with Crippen LogP contribution in [0.15, 0.2) is 0 Å². The van der Waals surface area contributed by atoms with Gasteiger partial charge in [0.2, 0.25) is 10.0 Å². The van der Waals surface area contributed by atoms with Gasteiger partial charge in [-0.1, -0.05) is 11.8 Å². The third-order valence-corrected chi connectivity index (χ3v) is 3.76. The molecule has 0 aromatic rings. The molecule has 94 valence electrons. The summed E-state index contributed by atoms with van der Waals surface area (Å²) in [6.07, 6.45) is 3.70. The molecule has 0 unspecified atom stereocenters. The maximum Gasteiger partial charge on any atom is 0.211 e. The van der Waals surface area contributed by atoms with Crippen LogP contribution in [-0.2, 0) is 10.0 Å². The molecule has 1 rings (SSSR count). The molecule has 1 aliphatic heterocycles. The summed E-state index contributed by atoms with van der Waals surface area (Å²) in [7, 11) is -1.54. The molecule has 0 aliphatic carbocycles. The fourth-order valence-electron chi connectivity index (χ4n) is 1.39. The highest BCUT2D eigenvalue weighted by molar-refractivity contribution is 7.88. The number of halogens is 1. The van der Waals surface area contributed by atoms with Crippen molar-refractivity contribution in [2.24, 2.45) is 0 Å². The summed E-state index contributed by atoms with van der Waals surface area (Å²) in [5.74, 6) is 5.87. The molecule has 4 nitrogen and oxygen atoms in total. The van der Waals surface area contributed by atoms with E-state index in [9.17, 15) is 8.42 Å². The fourth-order valence-corrected chi connectivity index (χ4v) is 1.69. The molecular formula is C10H19ClN2O2S. The van der Waals surface area contributed by atoms with Crippen molar-refractivity contribution in [1.82, 2.24) is 9.21 Å². The zero-order valence-electron chi connectivity index (χ0n) is 9.77. The van der Waals surface area contributed by atoms with E-state index in [0.29, 0.717) is 0 Å². The monoisotopic (exact) mass is 266 g/mol. The maximum atomic E-state index is 11.0.